The molecule has 0 atom stereocenters. The highest BCUT2D eigenvalue weighted by Crippen LogP contribution is 2.35. The lowest BCUT2D eigenvalue weighted by Gasteiger charge is -2.39. The minimum absolute atomic E-state index is 0.00782. The molecule has 0 bridgehead atoms. The molecule has 0 spiro atoms. The molecule has 1 fully saturated rings. The molecule has 1 aliphatic heterocycles. The third-order valence-corrected chi connectivity index (χ3v) is 6.47. The number of carbonyl (C=O) groups excluding carboxylic acids is 1. The van der Waals surface area contributed by atoms with Crippen LogP contribution in [-0.4, -0.2) is 78.6 Å². The SMILES string of the molecule is CC=Nc1c(/C(N)=C(\C)CC)c(C#Cc2cc(OCC)cc(OCC)c2)nn1C1CN(C(=O)/C=C/CN(C)C)C1. The molecule has 0 radical (unpaired) electrons. The van der Waals surface area contributed by atoms with E-state index in [-0.39, 0.29) is 11.9 Å². The minimum Gasteiger partial charge on any atom is -0.494 e. The summed E-state index contributed by atoms with van der Waals surface area (Å²) in [4.78, 5) is 21.1. The zero-order chi connectivity index (χ0) is 29.2. The number of carbonyl (C=O) groups is 1. The summed E-state index contributed by atoms with van der Waals surface area (Å²) >= 11 is 0. The number of nitrogens with zero attached hydrogens (tertiary/aromatic N) is 5. The van der Waals surface area contributed by atoms with Crippen LogP contribution in [0.1, 0.15) is 63.9 Å². The van der Waals surface area contributed by atoms with Gasteiger partial charge < -0.3 is 25.0 Å². The van der Waals surface area contributed by atoms with E-state index in [1.165, 1.54) is 0 Å². The first kappa shape index (κ1) is 30.5. The number of ether oxygens (including phenoxy) is 2. The van der Waals surface area contributed by atoms with Gasteiger partial charge in [-0.15, -0.1) is 0 Å². The average molecular weight is 547 g/mol. The second kappa shape index (κ2) is 14.4. The van der Waals surface area contributed by atoms with E-state index in [0.29, 0.717) is 67.1 Å². The van der Waals surface area contributed by atoms with Crippen LogP contribution in [-0.2, 0) is 4.79 Å². The van der Waals surface area contributed by atoms with Gasteiger partial charge in [-0.25, -0.2) is 9.67 Å². The predicted molar refractivity (Wildman–Crippen MR) is 161 cm³/mol. The van der Waals surface area contributed by atoms with Crippen molar-refractivity contribution in [2.24, 2.45) is 10.7 Å². The van der Waals surface area contributed by atoms with Gasteiger partial charge >= 0.3 is 0 Å². The summed E-state index contributed by atoms with van der Waals surface area (Å²) in [6.07, 6.45) is 6.02. The van der Waals surface area contributed by atoms with Gasteiger partial charge in [0.1, 0.15) is 17.2 Å². The van der Waals surface area contributed by atoms with E-state index < -0.39 is 0 Å². The van der Waals surface area contributed by atoms with Gasteiger partial charge in [0.2, 0.25) is 5.91 Å². The topological polar surface area (TPSA) is 98.2 Å². The molecule has 2 aromatic rings. The number of hydrogen-bond acceptors (Lipinski definition) is 7. The van der Waals surface area contributed by atoms with Crippen LogP contribution in [0.4, 0.5) is 5.82 Å². The quantitative estimate of drug-likeness (QED) is 0.255. The van der Waals surface area contributed by atoms with Gasteiger partial charge in [0.05, 0.1) is 24.8 Å². The fourth-order valence-electron chi connectivity index (χ4n) is 4.20. The Morgan fingerprint density at radius 1 is 1.15 bits per heavy atom. The van der Waals surface area contributed by atoms with E-state index in [0.717, 1.165) is 17.6 Å². The van der Waals surface area contributed by atoms with Crippen LogP contribution < -0.4 is 15.2 Å². The van der Waals surface area contributed by atoms with Crippen LogP contribution in [0.3, 0.4) is 0 Å². The maximum absolute atomic E-state index is 12.6. The number of rotatable bonds is 11. The Labute approximate surface area is 238 Å². The molecule has 0 aliphatic carbocycles. The molecule has 214 valence electrons. The second-order valence-corrected chi connectivity index (χ2v) is 9.80. The lowest BCUT2D eigenvalue weighted by Crippen LogP contribution is -2.50. The number of aliphatic imine (C=N–C) groups is 1. The van der Waals surface area contributed by atoms with Crippen molar-refractivity contribution < 1.29 is 14.3 Å². The number of benzene rings is 1. The molecule has 1 aliphatic rings. The van der Waals surface area contributed by atoms with Crippen LogP contribution in [0.2, 0.25) is 0 Å². The van der Waals surface area contributed by atoms with E-state index in [4.69, 9.17) is 20.3 Å². The first-order valence-electron chi connectivity index (χ1n) is 13.8. The molecule has 9 nitrogen and oxygen atoms in total. The van der Waals surface area contributed by atoms with Crippen LogP contribution in [0, 0.1) is 11.8 Å². The largest absolute Gasteiger partial charge is 0.494 e. The van der Waals surface area contributed by atoms with Crippen molar-refractivity contribution in [1.29, 1.82) is 0 Å². The summed E-state index contributed by atoms with van der Waals surface area (Å²) in [6.45, 7) is 12.7. The molecule has 1 aromatic carbocycles. The van der Waals surface area contributed by atoms with Crippen molar-refractivity contribution in [3.8, 4) is 23.3 Å². The van der Waals surface area contributed by atoms with Crippen molar-refractivity contribution in [2.75, 3.05) is 46.9 Å². The zero-order valence-electron chi connectivity index (χ0n) is 24.8. The molecular weight excluding hydrogens is 504 g/mol. The van der Waals surface area contributed by atoms with Gasteiger partial charge in [-0.2, -0.15) is 5.10 Å². The third kappa shape index (κ3) is 7.54. The molecule has 3 rings (SSSR count). The molecule has 9 heteroatoms. The monoisotopic (exact) mass is 546 g/mol. The Kier molecular flexibility index (Phi) is 11.0. The number of hydrogen-bond donors (Lipinski definition) is 1. The highest BCUT2D eigenvalue weighted by molar-refractivity contribution is 5.88. The molecule has 0 saturated carbocycles. The smallest absolute Gasteiger partial charge is 0.246 e. The summed E-state index contributed by atoms with van der Waals surface area (Å²) in [5.74, 6) is 8.51. The Morgan fingerprint density at radius 2 is 1.80 bits per heavy atom. The van der Waals surface area contributed by atoms with Crippen LogP contribution in [0.5, 0.6) is 11.5 Å². The predicted octanol–water partition coefficient (Wildman–Crippen LogP) is 4.40. The molecular formula is C31H42N6O3. The van der Waals surface area contributed by atoms with E-state index in [1.54, 1.807) is 17.2 Å². The summed E-state index contributed by atoms with van der Waals surface area (Å²) in [6, 6.07) is 5.60. The van der Waals surface area contributed by atoms with Gasteiger partial charge in [-0.3, -0.25) is 4.79 Å². The number of aromatic nitrogens is 2. The van der Waals surface area contributed by atoms with E-state index in [9.17, 15) is 4.79 Å². The van der Waals surface area contributed by atoms with Crippen molar-refractivity contribution in [3.05, 3.63) is 52.7 Å². The van der Waals surface area contributed by atoms with Crippen LogP contribution in [0.25, 0.3) is 5.70 Å². The van der Waals surface area contributed by atoms with E-state index >= 15 is 0 Å². The molecule has 1 saturated heterocycles. The Hall–Kier alpha value is -4.03. The first-order valence-corrected chi connectivity index (χ1v) is 13.8. The number of likely N-dealkylation sites (tertiary alicyclic amines) is 1. The maximum atomic E-state index is 12.6. The first-order chi connectivity index (χ1) is 19.2. The van der Waals surface area contributed by atoms with Crippen molar-refractivity contribution >= 4 is 23.6 Å². The lowest BCUT2D eigenvalue weighted by atomic mass is 10.0. The standard InChI is InChI=1S/C31H42N6O3/c1-8-22(5)30(32)29-27(15-14-23-17-25(39-10-3)19-26(18-23)40-11-4)34-37(31(29)33-9-2)24-20-36(21-24)28(38)13-12-16-35(6)7/h9,12-13,17-19,24H,8,10-11,16,20-21,32H2,1-7H3/b13-12+,30-22-,33-9?. The summed E-state index contributed by atoms with van der Waals surface area (Å²) < 4.78 is 13.3. The number of nitrogens with two attached hydrogens (primary N) is 1. The Morgan fingerprint density at radius 3 is 2.35 bits per heavy atom. The van der Waals surface area contributed by atoms with Crippen molar-refractivity contribution in [1.82, 2.24) is 19.6 Å². The van der Waals surface area contributed by atoms with E-state index in [2.05, 4.69) is 23.8 Å². The lowest BCUT2D eigenvalue weighted by molar-refractivity contribution is -0.131. The van der Waals surface area contributed by atoms with Crippen molar-refractivity contribution in [3.63, 3.8) is 0 Å². The molecule has 1 amide bonds. The fourth-order valence-corrected chi connectivity index (χ4v) is 4.20. The van der Waals surface area contributed by atoms with Gasteiger partial charge in [-0.05, 0) is 71.8 Å². The summed E-state index contributed by atoms with van der Waals surface area (Å²) in [5.41, 5.74) is 10.3. The highest BCUT2D eigenvalue weighted by Gasteiger charge is 2.34. The normalized spacial score (nSPS) is 14.3. The molecule has 2 heterocycles. The summed E-state index contributed by atoms with van der Waals surface area (Å²) in [7, 11) is 3.93. The average Bonchev–Trinajstić information content (AvgIpc) is 3.23. The summed E-state index contributed by atoms with van der Waals surface area (Å²) in [5, 5.41) is 4.89. The van der Waals surface area contributed by atoms with Gasteiger partial charge in [0, 0.05) is 49.3 Å². The molecule has 1 aromatic heterocycles. The van der Waals surface area contributed by atoms with Crippen molar-refractivity contribution in [2.45, 2.75) is 47.1 Å². The highest BCUT2D eigenvalue weighted by atomic mass is 16.5. The molecule has 2 N–H and O–H groups in total. The number of amides is 1. The zero-order valence-corrected chi connectivity index (χ0v) is 24.8. The molecule has 40 heavy (non-hydrogen) atoms. The third-order valence-electron chi connectivity index (χ3n) is 6.47. The fraction of sp³-hybridized carbons (Fsp3) is 0.452. The number of likely N-dealkylation sites (N-methyl/N-ethyl adjacent to an activating group) is 1. The Balaban J connectivity index is 2.02. The second-order valence-electron chi connectivity index (χ2n) is 9.80. The van der Waals surface area contributed by atoms with Crippen LogP contribution >= 0.6 is 0 Å². The Bertz CT molecular complexity index is 1310. The van der Waals surface area contributed by atoms with Gasteiger partial charge in [0.25, 0.3) is 0 Å². The van der Waals surface area contributed by atoms with Gasteiger partial charge in [-0.1, -0.05) is 18.9 Å². The molecule has 0 unspecified atom stereocenters. The minimum atomic E-state index is -0.0280. The van der Waals surface area contributed by atoms with Gasteiger partial charge in [0.15, 0.2) is 5.82 Å². The number of allylic oxidation sites excluding steroid dienone is 1. The van der Waals surface area contributed by atoms with Crippen LogP contribution in [0.15, 0.2) is 40.9 Å². The van der Waals surface area contributed by atoms with E-state index in [1.807, 2.05) is 75.6 Å². The maximum Gasteiger partial charge on any atom is 0.246 e.